The summed E-state index contributed by atoms with van der Waals surface area (Å²) in [5.41, 5.74) is 2.36. The van der Waals surface area contributed by atoms with Crippen LogP contribution in [-0.4, -0.2) is 20.0 Å². The SMILES string of the molecule is CCSSC(=Cc1ccc(OC)cc1)c1ccc(OC)cc1. The molecule has 116 valence electrons. The Morgan fingerprint density at radius 2 is 1.45 bits per heavy atom. The van der Waals surface area contributed by atoms with Crippen LogP contribution in [0.5, 0.6) is 11.5 Å². The molecule has 0 N–H and O–H groups in total. The highest BCUT2D eigenvalue weighted by Gasteiger charge is 2.04. The molecule has 2 rings (SSSR count). The van der Waals surface area contributed by atoms with Crippen LogP contribution in [0, 0.1) is 0 Å². The second-order valence-corrected chi connectivity index (χ2v) is 7.13. The van der Waals surface area contributed by atoms with E-state index in [1.165, 1.54) is 10.5 Å². The number of hydrogen-bond acceptors (Lipinski definition) is 4. The normalized spacial score (nSPS) is 11.3. The highest BCUT2D eigenvalue weighted by atomic mass is 33.1. The molecule has 22 heavy (non-hydrogen) atoms. The molecule has 0 bridgehead atoms. The molecule has 0 aromatic heterocycles. The van der Waals surface area contributed by atoms with Gasteiger partial charge < -0.3 is 9.47 Å². The van der Waals surface area contributed by atoms with Crippen molar-refractivity contribution < 1.29 is 9.47 Å². The molecule has 4 heteroatoms. The van der Waals surface area contributed by atoms with E-state index >= 15 is 0 Å². The molecule has 0 aliphatic heterocycles. The summed E-state index contributed by atoms with van der Waals surface area (Å²) in [6, 6.07) is 16.3. The zero-order chi connectivity index (χ0) is 15.8. The van der Waals surface area contributed by atoms with Crippen LogP contribution in [0.4, 0.5) is 0 Å². The molecule has 0 unspecified atom stereocenters. The lowest BCUT2D eigenvalue weighted by molar-refractivity contribution is 0.414. The van der Waals surface area contributed by atoms with Gasteiger partial charge in [0.1, 0.15) is 11.5 Å². The Morgan fingerprint density at radius 1 is 0.909 bits per heavy atom. The van der Waals surface area contributed by atoms with Gasteiger partial charge in [0.2, 0.25) is 0 Å². The molecular weight excluding hydrogens is 312 g/mol. The molecule has 0 saturated heterocycles. The standard InChI is InChI=1S/C18H20O2S2/c1-4-21-22-18(15-7-11-17(20-3)12-8-15)13-14-5-9-16(19-2)10-6-14/h5-13H,4H2,1-3H3. The van der Waals surface area contributed by atoms with Crippen LogP contribution in [0.1, 0.15) is 18.1 Å². The molecule has 2 aromatic carbocycles. The van der Waals surface area contributed by atoms with Crippen LogP contribution in [0.15, 0.2) is 48.5 Å². The fourth-order valence-corrected chi connectivity index (χ4v) is 3.71. The number of methoxy groups -OCH3 is 2. The Bertz CT molecular complexity index is 604. The van der Waals surface area contributed by atoms with Crippen LogP contribution in [0.25, 0.3) is 11.0 Å². The zero-order valence-corrected chi connectivity index (χ0v) is 14.7. The van der Waals surface area contributed by atoms with Gasteiger partial charge in [0, 0.05) is 10.7 Å². The second kappa shape index (κ2) is 8.81. The van der Waals surface area contributed by atoms with Crippen LogP contribution < -0.4 is 9.47 Å². The summed E-state index contributed by atoms with van der Waals surface area (Å²) in [4.78, 5) is 1.24. The van der Waals surface area contributed by atoms with E-state index in [4.69, 9.17) is 9.47 Å². The number of rotatable bonds is 7. The van der Waals surface area contributed by atoms with E-state index in [0.29, 0.717) is 0 Å². The first-order valence-electron chi connectivity index (χ1n) is 7.06. The average Bonchev–Trinajstić information content (AvgIpc) is 2.59. The minimum Gasteiger partial charge on any atom is -0.497 e. The van der Waals surface area contributed by atoms with Gasteiger partial charge in [0.15, 0.2) is 0 Å². The number of benzene rings is 2. The molecule has 0 fully saturated rings. The quantitative estimate of drug-likeness (QED) is 0.485. The van der Waals surface area contributed by atoms with E-state index in [-0.39, 0.29) is 0 Å². The van der Waals surface area contributed by atoms with Crippen LogP contribution in [0.3, 0.4) is 0 Å². The highest BCUT2D eigenvalue weighted by molar-refractivity contribution is 8.80. The van der Waals surface area contributed by atoms with Gasteiger partial charge in [-0.15, -0.1) is 0 Å². The van der Waals surface area contributed by atoms with Crippen molar-refractivity contribution in [2.24, 2.45) is 0 Å². The van der Waals surface area contributed by atoms with Gasteiger partial charge in [0.05, 0.1) is 14.2 Å². The molecule has 0 atom stereocenters. The molecule has 0 spiro atoms. The Balaban J connectivity index is 2.28. The average molecular weight is 332 g/mol. The van der Waals surface area contributed by atoms with E-state index in [2.05, 4.69) is 37.3 Å². The first kappa shape index (κ1) is 16.8. The summed E-state index contributed by atoms with van der Waals surface area (Å²) in [6.45, 7) is 2.16. The summed E-state index contributed by atoms with van der Waals surface area (Å²) in [6.07, 6.45) is 2.20. The van der Waals surface area contributed by atoms with Crippen molar-refractivity contribution in [3.63, 3.8) is 0 Å². The van der Waals surface area contributed by atoms with Gasteiger partial charge in [-0.3, -0.25) is 0 Å². The topological polar surface area (TPSA) is 18.5 Å². The summed E-state index contributed by atoms with van der Waals surface area (Å²) in [5.74, 6) is 2.82. The molecule has 0 aliphatic rings. The molecule has 2 nitrogen and oxygen atoms in total. The summed E-state index contributed by atoms with van der Waals surface area (Å²) < 4.78 is 10.4. The Kier molecular flexibility index (Phi) is 6.74. The summed E-state index contributed by atoms with van der Waals surface area (Å²) in [5, 5.41) is 0. The first-order valence-corrected chi connectivity index (χ1v) is 9.38. The van der Waals surface area contributed by atoms with E-state index in [0.717, 1.165) is 22.8 Å². The summed E-state index contributed by atoms with van der Waals surface area (Å²) in [7, 11) is 7.01. The maximum Gasteiger partial charge on any atom is 0.118 e. The Labute approximate surface area is 140 Å². The molecule has 0 saturated carbocycles. The molecule has 0 radical (unpaired) electrons. The van der Waals surface area contributed by atoms with E-state index in [1.807, 2.05) is 35.1 Å². The van der Waals surface area contributed by atoms with Gasteiger partial charge in [-0.2, -0.15) is 0 Å². The third-order valence-electron chi connectivity index (χ3n) is 3.05. The smallest absolute Gasteiger partial charge is 0.118 e. The van der Waals surface area contributed by atoms with Crippen molar-refractivity contribution >= 4 is 32.6 Å². The van der Waals surface area contributed by atoms with E-state index in [9.17, 15) is 0 Å². The monoisotopic (exact) mass is 332 g/mol. The van der Waals surface area contributed by atoms with Crippen molar-refractivity contribution in [3.05, 3.63) is 59.7 Å². The predicted octanol–water partition coefficient (Wildman–Crippen LogP) is 5.60. The van der Waals surface area contributed by atoms with Gasteiger partial charge in [0.25, 0.3) is 0 Å². The zero-order valence-electron chi connectivity index (χ0n) is 13.0. The maximum absolute atomic E-state index is 5.23. The molecule has 0 heterocycles. The fraction of sp³-hybridized carbons (Fsp3) is 0.222. The van der Waals surface area contributed by atoms with Gasteiger partial charge in [-0.25, -0.2) is 0 Å². The third kappa shape index (κ3) is 4.75. The van der Waals surface area contributed by atoms with Crippen molar-refractivity contribution in [3.8, 4) is 11.5 Å². The lowest BCUT2D eigenvalue weighted by atomic mass is 10.1. The maximum atomic E-state index is 5.23. The lowest BCUT2D eigenvalue weighted by Crippen LogP contribution is -1.85. The third-order valence-corrected chi connectivity index (χ3v) is 5.54. The minimum absolute atomic E-state index is 0.874. The van der Waals surface area contributed by atoms with Crippen molar-refractivity contribution in [1.82, 2.24) is 0 Å². The molecule has 2 aromatic rings. The first-order chi connectivity index (χ1) is 10.8. The fourth-order valence-electron chi connectivity index (χ4n) is 1.88. The van der Waals surface area contributed by atoms with Crippen LogP contribution in [0.2, 0.25) is 0 Å². The highest BCUT2D eigenvalue weighted by Crippen LogP contribution is 2.38. The van der Waals surface area contributed by atoms with E-state index in [1.54, 1.807) is 25.0 Å². The van der Waals surface area contributed by atoms with E-state index < -0.39 is 0 Å². The Hall–Kier alpha value is -1.52. The number of hydrogen-bond donors (Lipinski definition) is 0. The second-order valence-electron chi connectivity index (χ2n) is 4.50. The van der Waals surface area contributed by atoms with Crippen molar-refractivity contribution in [1.29, 1.82) is 0 Å². The predicted molar refractivity (Wildman–Crippen MR) is 99.6 cm³/mol. The largest absolute Gasteiger partial charge is 0.497 e. The van der Waals surface area contributed by atoms with Gasteiger partial charge in [-0.05, 0) is 41.5 Å². The van der Waals surface area contributed by atoms with Crippen molar-refractivity contribution in [2.75, 3.05) is 20.0 Å². The van der Waals surface area contributed by atoms with Crippen LogP contribution in [-0.2, 0) is 0 Å². The van der Waals surface area contributed by atoms with Crippen LogP contribution >= 0.6 is 21.6 Å². The van der Waals surface area contributed by atoms with Gasteiger partial charge >= 0.3 is 0 Å². The number of ether oxygens (including phenoxy) is 2. The van der Waals surface area contributed by atoms with Crippen molar-refractivity contribution in [2.45, 2.75) is 6.92 Å². The summed E-state index contributed by atoms with van der Waals surface area (Å²) >= 11 is 0. The molecule has 0 amide bonds. The lowest BCUT2D eigenvalue weighted by Gasteiger charge is -2.08. The Morgan fingerprint density at radius 3 is 1.95 bits per heavy atom. The molecule has 0 aliphatic carbocycles. The molecular formula is C18H20O2S2. The minimum atomic E-state index is 0.874. The van der Waals surface area contributed by atoms with Gasteiger partial charge in [-0.1, -0.05) is 52.8 Å².